The molecule has 21 heavy (non-hydrogen) atoms. The fourth-order valence-electron chi connectivity index (χ4n) is 3.03. The predicted molar refractivity (Wildman–Crippen MR) is 85.4 cm³/mol. The quantitative estimate of drug-likeness (QED) is 0.926. The van der Waals surface area contributed by atoms with Crippen molar-refractivity contribution >= 4 is 40.7 Å². The number of carbonyl (C=O) groups excluding carboxylic acids is 1. The van der Waals surface area contributed by atoms with E-state index in [1.807, 2.05) is 11.8 Å². The lowest BCUT2D eigenvalue weighted by atomic mass is 10.1. The first-order valence-corrected chi connectivity index (χ1v) is 8.00. The van der Waals surface area contributed by atoms with Crippen LogP contribution in [0.2, 0.25) is 10.0 Å². The molecule has 2 aliphatic heterocycles. The molecule has 0 radical (unpaired) electrons. The minimum atomic E-state index is 0.267. The maximum atomic E-state index is 11.7. The SMILES string of the molecule is CCNc1nc(N2CCN3C(=O)CCC3C2)c(Cl)cc1Cl. The van der Waals surface area contributed by atoms with Gasteiger partial charge in [-0.25, -0.2) is 4.98 Å². The number of aromatic nitrogens is 1. The summed E-state index contributed by atoms with van der Waals surface area (Å²) in [6, 6.07) is 2.01. The van der Waals surface area contributed by atoms with E-state index in [4.69, 9.17) is 23.2 Å². The van der Waals surface area contributed by atoms with Crippen molar-refractivity contribution in [2.45, 2.75) is 25.8 Å². The van der Waals surface area contributed by atoms with Crippen LogP contribution in [0, 0.1) is 0 Å². The van der Waals surface area contributed by atoms with E-state index in [0.717, 1.165) is 38.4 Å². The molecule has 0 saturated carbocycles. The van der Waals surface area contributed by atoms with E-state index in [1.54, 1.807) is 6.07 Å². The van der Waals surface area contributed by atoms with Gasteiger partial charge >= 0.3 is 0 Å². The third-order valence-corrected chi connectivity index (χ3v) is 4.62. The average Bonchev–Trinajstić information content (AvgIpc) is 2.83. The molecule has 5 nitrogen and oxygen atoms in total. The Hall–Kier alpha value is -1.20. The van der Waals surface area contributed by atoms with Gasteiger partial charge in [0.1, 0.15) is 11.6 Å². The Balaban J connectivity index is 1.84. The molecule has 7 heteroatoms. The molecular formula is C14H18Cl2N4O. The fraction of sp³-hybridized carbons (Fsp3) is 0.571. The van der Waals surface area contributed by atoms with Crippen molar-refractivity contribution in [2.24, 2.45) is 0 Å². The molecule has 0 spiro atoms. The monoisotopic (exact) mass is 328 g/mol. The number of anilines is 2. The number of carbonyl (C=O) groups is 1. The molecule has 0 aromatic carbocycles. The van der Waals surface area contributed by atoms with E-state index in [-0.39, 0.29) is 11.9 Å². The second kappa shape index (κ2) is 5.89. The number of fused-ring (bicyclic) bond motifs is 1. The van der Waals surface area contributed by atoms with Crippen molar-refractivity contribution < 1.29 is 4.79 Å². The van der Waals surface area contributed by atoms with Gasteiger partial charge in [-0.15, -0.1) is 0 Å². The van der Waals surface area contributed by atoms with Gasteiger partial charge in [0.2, 0.25) is 5.91 Å². The minimum Gasteiger partial charge on any atom is -0.369 e. The third-order valence-electron chi connectivity index (χ3n) is 4.05. The molecule has 2 aliphatic rings. The van der Waals surface area contributed by atoms with Crippen molar-refractivity contribution in [1.82, 2.24) is 9.88 Å². The van der Waals surface area contributed by atoms with Gasteiger partial charge in [0.15, 0.2) is 0 Å². The van der Waals surface area contributed by atoms with Crippen molar-refractivity contribution in [2.75, 3.05) is 36.4 Å². The van der Waals surface area contributed by atoms with Crippen molar-refractivity contribution in [3.05, 3.63) is 16.1 Å². The highest BCUT2D eigenvalue weighted by Crippen LogP contribution is 2.33. The van der Waals surface area contributed by atoms with Gasteiger partial charge in [-0.3, -0.25) is 4.79 Å². The van der Waals surface area contributed by atoms with E-state index >= 15 is 0 Å². The molecule has 1 aromatic heterocycles. The lowest BCUT2D eigenvalue weighted by Crippen LogP contribution is -2.51. The van der Waals surface area contributed by atoms with Crippen LogP contribution in [0.3, 0.4) is 0 Å². The highest BCUT2D eigenvalue weighted by molar-refractivity contribution is 6.37. The number of rotatable bonds is 3. The Labute approximate surface area is 134 Å². The number of nitrogens with zero attached hydrogens (tertiary/aromatic N) is 3. The van der Waals surface area contributed by atoms with E-state index in [9.17, 15) is 4.79 Å². The second-order valence-corrected chi connectivity index (χ2v) is 6.19. The largest absolute Gasteiger partial charge is 0.369 e. The molecule has 1 aromatic rings. The maximum Gasteiger partial charge on any atom is 0.223 e. The summed E-state index contributed by atoms with van der Waals surface area (Å²) in [5, 5.41) is 4.23. The number of nitrogens with one attached hydrogen (secondary N) is 1. The molecule has 1 unspecified atom stereocenters. The zero-order valence-corrected chi connectivity index (χ0v) is 13.4. The zero-order valence-electron chi connectivity index (χ0n) is 11.9. The van der Waals surface area contributed by atoms with Gasteiger partial charge in [0, 0.05) is 38.6 Å². The van der Waals surface area contributed by atoms with Gasteiger partial charge < -0.3 is 15.1 Å². The Morgan fingerprint density at radius 3 is 2.95 bits per heavy atom. The highest BCUT2D eigenvalue weighted by atomic mass is 35.5. The number of amides is 1. The molecule has 3 rings (SSSR count). The molecule has 2 saturated heterocycles. The Morgan fingerprint density at radius 1 is 1.38 bits per heavy atom. The van der Waals surface area contributed by atoms with E-state index < -0.39 is 0 Å². The number of hydrogen-bond donors (Lipinski definition) is 1. The zero-order chi connectivity index (χ0) is 15.0. The van der Waals surface area contributed by atoms with Crippen LogP contribution in [0.4, 0.5) is 11.6 Å². The highest BCUT2D eigenvalue weighted by Gasteiger charge is 2.36. The lowest BCUT2D eigenvalue weighted by molar-refractivity contribution is -0.129. The van der Waals surface area contributed by atoms with Crippen molar-refractivity contribution in [3.8, 4) is 0 Å². The summed E-state index contributed by atoms with van der Waals surface area (Å²) in [5.41, 5.74) is 0. The van der Waals surface area contributed by atoms with Crippen LogP contribution in [0.25, 0.3) is 0 Å². The van der Waals surface area contributed by atoms with Gasteiger partial charge in [-0.05, 0) is 19.4 Å². The number of halogens is 2. The molecule has 1 N–H and O–H groups in total. The van der Waals surface area contributed by atoms with Gasteiger partial charge in [0.05, 0.1) is 10.0 Å². The number of hydrogen-bond acceptors (Lipinski definition) is 4. The van der Waals surface area contributed by atoms with E-state index in [2.05, 4.69) is 15.2 Å². The lowest BCUT2D eigenvalue weighted by Gasteiger charge is -2.38. The van der Waals surface area contributed by atoms with Crippen LogP contribution in [-0.2, 0) is 4.79 Å². The van der Waals surface area contributed by atoms with Crippen LogP contribution in [0.15, 0.2) is 6.07 Å². The van der Waals surface area contributed by atoms with Gasteiger partial charge in [-0.2, -0.15) is 0 Å². The summed E-state index contributed by atoms with van der Waals surface area (Å²) in [4.78, 5) is 20.4. The Kier molecular flexibility index (Phi) is 4.13. The van der Waals surface area contributed by atoms with Crippen LogP contribution in [0.1, 0.15) is 19.8 Å². The first kappa shape index (κ1) is 14.7. The first-order chi connectivity index (χ1) is 10.1. The van der Waals surface area contributed by atoms with Crippen molar-refractivity contribution in [1.29, 1.82) is 0 Å². The topological polar surface area (TPSA) is 48.5 Å². The average molecular weight is 329 g/mol. The summed E-state index contributed by atoms with van der Waals surface area (Å²) in [6.07, 6.45) is 1.57. The van der Waals surface area contributed by atoms with Crippen LogP contribution >= 0.6 is 23.2 Å². The van der Waals surface area contributed by atoms with Gasteiger partial charge in [0.25, 0.3) is 0 Å². The molecule has 0 aliphatic carbocycles. The molecular weight excluding hydrogens is 311 g/mol. The Bertz CT molecular complexity index is 566. The molecule has 1 amide bonds. The molecule has 0 bridgehead atoms. The van der Waals surface area contributed by atoms with Gasteiger partial charge in [-0.1, -0.05) is 23.2 Å². The summed E-state index contributed by atoms with van der Waals surface area (Å²) < 4.78 is 0. The fourth-order valence-corrected chi connectivity index (χ4v) is 3.57. The molecule has 114 valence electrons. The molecule has 1 atom stereocenters. The maximum absolute atomic E-state index is 11.7. The predicted octanol–water partition coefficient (Wildman–Crippen LogP) is 2.63. The van der Waals surface area contributed by atoms with Crippen molar-refractivity contribution in [3.63, 3.8) is 0 Å². The van der Waals surface area contributed by atoms with E-state index in [0.29, 0.717) is 22.3 Å². The van der Waals surface area contributed by atoms with Crippen LogP contribution < -0.4 is 10.2 Å². The normalized spacial score (nSPS) is 21.7. The summed E-state index contributed by atoms with van der Waals surface area (Å²) >= 11 is 12.5. The van der Waals surface area contributed by atoms with Crippen LogP contribution in [0.5, 0.6) is 0 Å². The molecule has 3 heterocycles. The summed E-state index contributed by atoms with van der Waals surface area (Å²) in [5.74, 6) is 1.67. The summed E-state index contributed by atoms with van der Waals surface area (Å²) in [6.45, 7) is 5.02. The smallest absolute Gasteiger partial charge is 0.223 e. The minimum absolute atomic E-state index is 0.267. The first-order valence-electron chi connectivity index (χ1n) is 7.24. The molecule has 2 fully saturated rings. The third kappa shape index (κ3) is 2.77. The number of pyridine rings is 1. The number of piperazine rings is 1. The van der Waals surface area contributed by atoms with Crippen LogP contribution in [-0.4, -0.2) is 48.0 Å². The Morgan fingerprint density at radius 2 is 2.19 bits per heavy atom. The second-order valence-electron chi connectivity index (χ2n) is 5.38. The summed E-state index contributed by atoms with van der Waals surface area (Å²) in [7, 11) is 0. The van der Waals surface area contributed by atoms with E-state index in [1.165, 1.54) is 0 Å². The standard InChI is InChI=1S/C14H18Cl2N4O/c1-2-17-13-10(15)7-11(16)14(18-13)19-5-6-20-9(8-19)3-4-12(20)21/h7,9H,2-6,8H2,1H3,(H,17,18).